The molecule has 1 heterocycles. The van der Waals surface area contributed by atoms with Gasteiger partial charge in [0.1, 0.15) is 10.4 Å². The molecule has 2 aromatic carbocycles. The van der Waals surface area contributed by atoms with Crippen molar-refractivity contribution in [2.24, 2.45) is 0 Å². The average molecular weight is 404 g/mol. The largest absolute Gasteiger partial charge is 0.454 e. The molecule has 134 valence electrons. The van der Waals surface area contributed by atoms with Gasteiger partial charge in [0.05, 0.1) is 5.56 Å². The van der Waals surface area contributed by atoms with Crippen LogP contribution in [0.1, 0.15) is 40.2 Å². The van der Waals surface area contributed by atoms with E-state index in [0.717, 1.165) is 21.2 Å². The van der Waals surface area contributed by atoms with Gasteiger partial charge in [0, 0.05) is 27.4 Å². The van der Waals surface area contributed by atoms with Crippen molar-refractivity contribution in [1.82, 2.24) is 4.98 Å². The summed E-state index contributed by atoms with van der Waals surface area (Å²) in [5, 5.41) is 2.61. The molecule has 1 aromatic heterocycles. The lowest BCUT2D eigenvalue weighted by molar-refractivity contribution is 0.0337. The fourth-order valence-electron chi connectivity index (χ4n) is 2.48. The van der Waals surface area contributed by atoms with Crippen molar-refractivity contribution >= 4 is 40.7 Å². The first-order valence-corrected chi connectivity index (χ1v) is 10.4. The zero-order valence-electron chi connectivity index (χ0n) is 14.4. The fourth-order valence-corrected chi connectivity index (χ4v) is 4.62. The smallest absolute Gasteiger partial charge is 0.339 e. The first kappa shape index (κ1) is 19.0. The normalized spacial score (nSPS) is 12.0. The van der Waals surface area contributed by atoms with Gasteiger partial charge in [-0.05, 0) is 31.5 Å². The number of aryl methyl sites for hydroxylation is 1. The number of benzene rings is 2. The number of thiazole rings is 1. The Morgan fingerprint density at radius 1 is 1.23 bits per heavy atom. The summed E-state index contributed by atoms with van der Waals surface area (Å²) in [6.07, 6.45) is -0.418. The van der Waals surface area contributed by atoms with E-state index >= 15 is 0 Å². The summed E-state index contributed by atoms with van der Waals surface area (Å²) in [6.45, 7) is 3.80. The third-order valence-corrected chi connectivity index (χ3v) is 6.35. The molecule has 0 N–H and O–H groups in total. The molecule has 26 heavy (non-hydrogen) atoms. The van der Waals surface area contributed by atoms with Crippen molar-refractivity contribution in [2.75, 3.05) is 0 Å². The number of carbonyl (C=O) groups is 1. The number of rotatable bonds is 6. The summed E-state index contributed by atoms with van der Waals surface area (Å²) < 4.78 is 6.65. The van der Waals surface area contributed by atoms with Gasteiger partial charge in [-0.3, -0.25) is 0 Å². The maximum Gasteiger partial charge on any atom is 0.339 e. The van der Waals surface area contributed by atoms with Crippen molar-refractivity contribution < 1.29 is 9.53 Å². The molecule has 0 radical (unpaired) electrons. The Labute approximate surface area is 166 Å². The number of hydrogen-bond acceptors (Lipinski definition) is 5. The molecular weight excluding hydrogens is 386 g/mol. The summed E-state index contributed by atoms with van der Waals surface area (Å²) in [5.74, 6) is 0.322. The second-order valence-electron chi connectivity index (χ2n) is 5.77. The van der Waals surface area contributed by atoms with Crippen molar-refractivity contribution in [1.29, 1.82) is 0 Å². The Morgan fingerprint density at radius 3 is 2.69 bits per heavy atom. The Bertz CT molecular complexity index is 910. The van der Waals surface area contributed by atoms with Gasteiger partial charge in [-0.2, -0.15) is 0 Å². The van der Waals surface area contributed by atoms with E-state index in [1.54, 1.807) is 35.2 Å². The van der Waals surface area contributed by atoms with Crippen molar-refractivity contribution in [3.63, 3.8) is 0 Å². The van der Waals surface area contributed by atoms with E-state index < -0.39 is 6.10 Å². The third kappa shape index (κ3) is 4.67. The highest BCUT2D eigenvalue weighted by Gasteiger charge is 2.18. The summed E-state index contributed by atoms with van der Waals surface area (Å²) in [5.41, 5.74) is 3.32. The van der Waals surface area contributed by atoms with Crippen LogP contribution in [0.4, 0.5) is 0 Å². The molecule has 1 atom stereocenters. The highest BCUT2D eigenvalue weighted by Crippen LogP contribution is 2.29. The minimum Gasteiger partial charge on any atom is -0.454 e. The molecule has 3 nitrogen and oxygen atoms in total. The predicted octanol–water partition coefficient (Wildman–Crippen LogP) is 6.32. The zero-order valence-corrected chi connectivity index (χ0v) is 16.8. The molecule has 3 rings (SSSR count). The first-order chi connectivity index (χ1) is 12.5. The molecule has 0 unspecified atom stereocenters. The summed E-state index contributed by atoms with van der Waals surface area (Å²) in [4.78, 5) is 17.1. The van der Waals surface area contributed by atoms with Crippen LogP contribution in [0.3, 0.4) is 0 Å². The monoisotopic (exact) mass is 403 g/mol. The highest BCUT2D eigenvalue weighted by atomic mass is 35.5. The van der Waals surface area contributed by atoms with Gasteiger partial charge in [0.25, 0.3) is 0 Å². The maximum atomic E-state index is 12.7. The molecule has 0 saturated heterocycles. The van der Waals surface area contributed by atoms with Crippen molar-refractivity contribution in [2.45, 2.75) is 30.0 Å². The molecule has 0 aliphatic rings. The lowest BCUT2D eigenvalue weighted by Crippen LogP contribution is -2.11. The molecule has 0 saturated carbocycles. The van der Waals surface area contributed by atoms with Gasteiger partial charge >= 0.3 is 5.97 Å². The summed E-state index contributed by atoms with van der Waals surface area (Å²) in [6, 6.07) is 14.9. The average Bonchev–Trinajstić information content (AvgIpc) is 3.05. The molecule has 0 bridgehead atoms. The number of thioether (sulfide) groups is 1. The fraction of sp³-hybridized carbons (Fsp3) is 0.200. The van der Waals surface area contributed by atoms with E-state index in [4.69, 9.17) is 16.3 Å². The lowest BCUT2D eigenvalue weighted by atomic mass is 10.1. The Hall–Kier alpha value is -1.82. The van der Waals surface area contributed by atoms with Crippen LogP contribution >= 0.6 is 34.7 Å². The van der Waals surface area contributed by atoms with Gasteiger partial charge in [-0.1, -0.05) is 59.8 Å². The number of carbonyl (C=O) groups excluding carboxylic acids is 1. The first-order valence-electron chi connectivity index (χ1n) is 8.13. The second-order valence-corrected chi connectivity index (χ2v) is 8.26. The van der Waals surface area contributed by atoms with Crippen molar-refractivity contribution in [3.8, 4) is 0 Å². The molecule has 0 fully saturated rings. The standard InChI is InChI=1S/C20H18ClNO2S2/c1-13-11-25-20(22-13)26-12-15-7-3-4-9-17(15)19(23)24-14(2)16-8-5-6-10-18(16)21/h3-11,14H,12H2,1-2H3/t14-/m0/s1. The van der Waals surface area contributed by atoms with E-state index in [1.807, 2.05) is 55.6 Å². The number of nitrogens with zero attached hydrogens (tertiary/aromatic N) is 1. The molecule has 6 heteroatoms. The number of aromatic nitrogens is 1. The van der Waals surface area contributed by atoms with Crippen LogP contribution < -0.4 is 0 Å². The van der Waals surface area contributed by atoms with Crippen LogP contribution in [0.15, 0.2) is 58.3 Å². The molecule has 0 aliphatic carbocycles. The number of esters is 1. The highest BCUT2D eigenvalue weighted by molar-refractivity contribution is 8.00. The van der Waals surface area contributed by atoms with E-state index in [1.165, 1.54) is 0 Å². The summed E-state index contributed by atoms with van der Waals surface area (Å²) >= 11 is 9.43. The predicted molar refractivity (Wildman–Crippen MR) is 108 cm³/mol. The van der Waals surface area contributed by atoms with Crippen LogP contribution in [0.5, 0.6) is 0 Å². The van der Waals surface area contributed by atoms with Gasteiger partial charge in [-0.25, -0.2) is 9.78 Å². The molecule has 0 aliphatic heterocycles. The Balaban J connectivity index is 1.72. The Kier molecular flexibility index (Phi) is 6.35. The molecule has 0 amide bonds. The van der Waals surface area contributed by atoms with Crippen LogP contribution in [0.2, 0.25) is 5.02 Å². The number of halogens is 1. The van der Waals surface area contributed by atoms with Crippen molar-refractivity contribution in [3.05, 3.63) is 81.3 Å². The van der Waals surface area contributed by atoms with E-state index in [0.29, 0.717) is 16.3 Å². The van der Waals surface area contributed by atoms with E-state index in [-0.39, 0.29) is 5.97 Å². The van der Waals surface area contributed by atoms with Crippen LogP contribution in [-0.4, -0.2) is 11.0 Å². The topological polar surface area (TPSA) is 39.2 Å². The third-order valence-electron chi connectivity index (χ3n) is 3.81. The lowest BCUT2D eigenvalue weighted by Gasteiger charge is -2.16. The van der Waals surface area contributed by atoms with E-state index in [9.17, 15) is 4.79 Å². The zero-order chi connectivity index (χ0) is 18.5. The van der Waals surface area contributed by atoms with Gasteiger partial charge in [0.15, 0.2) is 0 Å². The maximum absolute atomic E-state index is 12.7. The number of ether oxygens (including phenoxy) is 1. The minimum atomic E-state index is -0.418. The second kappa shape index (κ2) is 8.71. The molecule has 3 aromatic rings. The van der Waals surface area contributed by atoms with E-state index in [2.05, 4.69) is 4.98 Å². The van der Waals surface area contributed by atoms with Crippen LogP contribution in [-0.2, 0) is 10.5 Å². The Morgan fingerprint density at radius 2 is 1.96 bits per heavy atom. The van der Waals surface area contributed by atoms with Gasteiger partial charge in [-0.15, -0.1) is 11.3 Å². The van der Waals surface area contributed by atoms with Gasteiger partial charge in [0.2, 0.25) is 0 Å². The van der Waals surface area contributed by atoms with Gasteiger partial charge < -0.3 is 4.74 Å². The quantitative estimate of drug-likeness (QED) is 0.357. The molecule has 0 spiro atoms. The molecular formula is C20H18ClNO2S2. The SMILES string of the molecule is Cc1csc(SCc2ccccc2C(=O)O[C@@H](C)c2ccccc2Cl)n1. The van der Waals surface area contributed by atoms with Crippen LogP contribution in [0, 0.1) is 6.92 Å². The number of hydrogen-bond donors (Lipinski definition) is 0. The summed E-state index contributed by atoms with van der Waals surface area (Å²) in [7, 11) is 0. The van der Waals surface area contributed by atoms with Crippen LogP contribution in [0.25, 0.3) is 0 Å². The minimum absolute atomic E-state index is 0.344.